The highest BCUT2D eigenvalue weighted by atomic mass is 16.5. The highest BCUT2D eigenvalue weighted by Crippen LogP contribution is 2.30. The van der Waals surface area contributed by atoms with Gasteiger partial charge in [-0.05, 0) is 56.2 Å². The minimum absolute atomic E-state index is 0.00139. The van der Waals surface area contributed by atoms with Crippen LogP contribution in [0, 0.1) is 5.92 Å². The first-order chi connectivity index (χ1) is 14.0. The molecular weight excluding hydrogens is 374 g/mol. The first-order valence-corrected chi connectivity index (χ1v) is 9.28. The average Bonchev–Trinajstić information content (AvgIpc) is 3.58. The Kier molecular flexibility index (Phi) is 6.33. The third-order valence-electron chi connectivity index (χ3n) is 4.40. The van der Waals surface area contributed by atoms with E-state index in [1.165, 1.54) is 7.11 Å². The molecule has 0 spiro atoms. The molecule has 1 atom stereocenters. The number of carbonyl (C=O) groups excluding carboxylic acids is 3. The number of hydrazine groups is 1. The second kappa shape index (κ2) is 9.09. The minimum Gasteiger partial charge on any atom is -0.493 e. The summed E-state index contributed by atoms with van der Waals surface area (Å²) in [6.07, 6.45) is 0.989. The second-order valence-corrected chi connectivity index (χ2v) is 6.70. The molecular formula is C21H23N3O5. The smallest absolute Gasteiger partial charge is 0.279 e. The van der Waals surface area contributed by atoms with Gasteiger partial charge in [-0.3, -0.25) is 25.2 Å². The lowest BCUT2D eigenvalue weighted by molar-refractivity contribution is -0.128. The Morgan fingerprint density at radius 1 is 0.966 bits per heavy atom. The number of hydrogen-bond donors (Lipinski definition) is 3. The van der Waals surface area contributed by atoms with Crippen LogP contribution in [0.15, 0.2) is 48.5 Å². The Morgan fingerprint density at radius 3 is 2.24 bits per heavy atom. The third kappa shape index (κ3) is 5.47. The van der Waals surface area contributed by atoms with Crippen molar-refractivity contribution in [3.63, 3.8) is 0 Å². The number of para-hydroxylation sites is 2. The van der Waals surface area contributed by atoms with Crippen molar-refractivity contribution in [3.8, 4) is 11.5 Å². The summed E-state index contributed by atoms with van der Waals surface area (Å²) in [5, 5.41) is 2.80. The fraction of sp³-hybridized carbons (Fsp3) is 0.286. The Balaban J connectivity index is 1.48. The first kappa shape index (κ1) is 20.2. The monoisotopic (exact) mass is 397 g/mol. The number of rotatable bonds is 7. The minimum atomic E-state index is -0.855. The van der Waals surface area contributed by atoms with Crippen molar-refractivity contribution in [3.05, 3.63) is 54.1 Å². The molecule has 152 valence electrons. The van der Waals surface area contributed by atoms with Crippen LogP contribution in [-0.2, 0) is 9.59 Å². The van der Waals surface area contributed by atoms with Crippen LogP contribution in [0.3, 0.4) is 0 Å². The van der Waals surface area contributed by atoms with Gasteiger partial charge in [0.1, 0.15) is 0 Å². The van der Waals surface area contributed by atoms with Crippen molar-refractivity contribution in [1.29, 1.82) is 0 Å². The van der Waals surface area contributed by atoms with Crippen molar-refractivity contribution in [2.45, 2.75) is 25.9 Å². The molecule has 1 saturated carbocycles. The van der Waals surface area contributed by atoms with E-state index in [1.54, 1.807) is 55.5 Å². The third-order valence-corrected chi connectivity index (χ3v) is 4.40. The maximum Gasteiger partial charge on any atom is 0.279 e. The zero-order chi connectivity index (χ0) is 20.8. The molecule has 0 bridgehead atoms. The Bertz CT molecular complexity index is 893. The number of anilines is 1. The fourth-order valence-corrected chi connectivity index (χ4v) is 2.55. The van der Waals surface area contributed by atoms with Crippen LogP contribution in [0.1, 0.15) is 30.1 Å². The number of hydrogen-bond acceptors (Lipinski definition) is 5. The zero-order valence-corrected chi connectivity index (χ0v) is 16.2. The van der Waals surface area contributed by atoms with Crippen molar-refractivity contribution in [2.24, 2.45) is 5.92 Å². The van der Waals surface area contributed by atoms with E-state index in [1.807, 2.05) is 0 Å². The number of methoxy groups -OCH3 is 1. The normalized spacial score (nSPS) is 13.7. The van der Waals surface area contributed by atoms with Crippen LogP contribution in [0.25, 0.3) is 0 Å². The van der Waals surface area contributed by atoms with Crippen molar-refractivity contribution >= 4 is 23.4 Å². The SMILES string of the molecule is COc1ccccc1OC(C)C(=O)NNC(=O)c1ccc(NC(=O)C2CC2)cc1. The van der Waals surface area contributed by atoms with Crippen molar-refractivity contribution in [2.75, 3.05) is 12.4 Å². The quantitative estimate of drug-likeness (QED) is 0.622. The molecule has 1 aliphatic carbocycles. The molecule has 0 aliphatic heterocycles. The number of benzene rings is 2. The highest BCUT2D eigenvalue weighted by molar-refractivity contribution is 5.97. The first-order valence-electron chi connectivity index (χ1n) is 9.28. The zero-order valence-electron chi connectivity index (χ0n) is 16.2. The molecule has 1 unspecified atom stereocenters. The van der Waals surface area contributed by atoms with E-state index in [9.17, 15) is 14.4 Å². The Hall–Kier alpha value is -3.55. The summed E-state index contributed by atoms with van der Waals surface area (Å²) in [7, 11) is 1.51. The van der Waals surface area contributed by atoms with Gasteiger partial charge >= 0.3 is 0 Å². The molecule has 8 heteroatoms. The molecule has 1 aliphatic rings. The topological polar surface area (TPSA) is 106 Å². The number of amides is 3. The lowest BCUT2D eigenvalue weighted by atomic mass is 10.2. The summed E-state index contributed by atoms with van der Waals surface area (Å²) in [6, 6.07) is 13.4. The van der Waals surface area contributed by atoms with Gasteiger partial charge in [-0.1, -0.05) is 12.1 Å². The van der Waals surface area contributed by atoms with E-state index >= 15 is 0 Å². The molecule has 2 aromatic carbocycles. The van der Waals surface area contributed by atoms with E-state index in [0.29, 0.717) is 22.7 Å². The number of nitrogens with one attached hydrogen (secondary N) is 3. The average molecular weight is 397 g/mol. The molecule has 0 aromatic heterocycles. The lowest BCUT2D eigenvalue weighted by Crippen LogP contribution is -2.47. The summed E-state index contributed by atoms with van der Waals surface area (Å²) >= 11 is 0. The van der Waals surface area contributed by atoms with E-state index in [-0.39, 0.29) is 11.8 Å². The van der Waals surface area contributed by atoms with E-state index in [2.05, 4.69) is 16.2 Å². The molecule has 3 N–H and O–H groups in total. The van der Waals surface area contributed by atoms with Crippen molar-refractivity contribution < 1.29 is 23.9 Å². The van der Waals surface area contributed by atoms with Crippen molar-refractivity contribution in [1.82, 2.24) is 10.9 Å². The summed E-state index contributed by atoms with van der Waals surface area (Å²) in [5.74, 6) is 0.0325. The number of ether oxygens (including phenoxy) is 2. The molecule has 8 nitrogen and oxygen atoms in total. The summed E-state index contributed by atoms with van der Waals surface area (Å²) < 4.78 is 10.8. The van der Waals surface area contributed by atoms with Crippen LogP contribution in [-0.4, -0.2) is 30.9 Å². The van der Waals surface area contributed by atoms with Gasteiger partial charge in [-0.15, -0.1) is 0 Å². The van der Waals surface area contributed by atoms with Gasteiger partial charge in [0.05, 0.1) is 7.11 Å². The van der Waals surface area contributed by atoms with Gasteiger partial charge in [-0.2, -0.15) is 0 Å². The lowest BCUT2D eigenvalue weighted by Gasteiger charge is -2.17. The summed E-state index contributed by atoms with van der Waals surface area (Å²) in [5.41, 5.74) is 5.65. The molecule has 3 amide bonds. The molecule has 0 heterocycles. The molecule has 1 fully saturated rings. The van der Waals surface area contributed by atoms with Crippen LogP contribution in [0.4, 0.5) is 5.69 Å². The molecule has 0 saturated heterocycles. The maximum atomic E-state index is 12.2. The predicted molar refractivity (Wildman–Crippen MR) is 106 cm³/mol. The molecule has 3 rings (SSSR count). The standard InChI is InChI=1S/C21H23N3O5/c1-13(29-18-6-4-3-5-17(18)28-2)19(25)23-24-21(27)15-9-11-16(12-10-15)22-20(26)14-7-8-14/h3-6,9-14H,7-8H2,1-2H3,(H,22,26)(H,23,25)(H,24,27). The van der Waals surface area contributed by atoms with E-state index in [4.69, 9.17) is 9.47 Å². The molecule has 0 radical (unpaired) electrons. The highest BCUT2D eigenvalue weighted by Gasteiger charge is 2.29. The summed E-state index contributed by atoms with van der Waals surface area (Å²) in [4.78, 5) is 36.1. The van der Waals surface area contributed by atoms with Crippen LogP contribution < -0.4 is 25.6 Å². The van der Waals surface area contributed by atoms with Gasteiger partial charge in [0.15, 0.2) is 17.6 Å². The van der Waals surface area contributed by atoms with E-state index in [0.717, 1.165) is 12.8 Å². The van der Waals surface area contributed by atoms with Gasteiger partial charge in [0.25, 0.3) is 11.8 Å². The van der Waals surface area contributed by atoms with Gasteiger partial charge < -0.3 is 14.8 Å². The fourth-order valence-electron chi connectivity index (χ4n) is 2.55. The van der Waals surface area contributed by atoms with Gasteiger partial charge in [0.2, 0.25) is 5.91 Å². The van der Waals surface area contributed by atoms with E-state index < -0.39 is 17.9 Å². The Labute approximate surface area is 168 Å². The van der Waals surface area contributed by atoms with Crippen LogP contribution in [0.5, 0.6) is 11.5 Å². The maximum absolute atomic E-state index is 12.2. The number of carbonyl (C=O) groups is 3. The van der Waals surface area contributed by atoms with Gasteiger partial charge in [0, 0.05) is 17.2 Å². The Morgan fingerprint density at radius 2 is 1.62 bits per heavy atom. The van der Waals surface area contributed by atoms with Crippen LogP contribution in [0.2, 0.25) is 0 Å². The predicted octanol–water partition coefficient (Wildman–Crippen LogP) is 2.27. The molecule has 2 aromatic rings. The summed E-state index contributed by atoms with van der Waals surface area (Å²) in [6.45, 7) is 1.56. The van der Waals surface area contributed by atoms with Crippen LogP contribution >= 0.6 is 0 Å². The second-order valence-electron chi connectivity index (χ2n) is 6.70. The largest absolute Gasteiger partial charge is 0.493 e. The van der Waals surface area contributed by atoms with Gasteiger partial charge in [-0.25, -0.2) is 0 Å². The molecule has 29 heavy (non-hydrogen) atoms.